The molecule has 5 nitrogen and oxygen atoms in total. The number of aromatic nitrogens is 1. The van der Waals surface area contributed by atoms with Crippen molar-refractivity contribution < 1.29 is 9.53 Å². The Morgan fingerprint density at radius 1 is 1.27 bits per heavy atom. The van der Waals surface area contributed by atoms with Crippen molar-refractivity contribution >= 4 is 28.9 Å². The van der Waals surface area contributed by atoms with E-state index < -0.39 is 0 Å². The number of carbonyl (C=O) groups is 1. The summed E-state index contributed by atoms with van der Waals surface area (Å²) in [5, 5.41) is 3.50. The van der Waals surface area contributed by atoms with Gasteiger partial charge in [-0.25, -0.2) is 0 Å². The van der Waals surface area contributed by atoms with Crippen LogP contribution in [0.15, 0.2) is 36.5 Å². The number of hydrogen-bond donors (Lipinski definition) is 1. The molecule has 0 spiro atoms. The largest absolute Gasteiger partial charge is 0.378 e. The Morgan fingerprint density at radius 2 is 2.05 bits per heavy atom. The van der Waals surface area contributed by atoms with Gasteiger partial charge < -0.3 is 19.5 Å². The van der Waals surface area contributed by atoms with Crippen LogP contribution in [-0.4, -0.2) is 36.8 Å². The first-order valence-corrected chi connectivity index (χ1v) is 7.58. The van der Waals surface area contributed by atoms with Gasteiger partial charge in [0.25, 0.3) is 5.91 Å². The summed E-state index contributed by atoms with van der Waals surface area (Å²) >= 11 is 6.36. The van der Waals surface area contributed by atoms with Gasteiger partial charge in [0.15, 0.2) is 0 Å². The summed E-state index contributed by atoms with van der Waals surface area (Å²) in [4.78, 5) is 14.4. The lowest BCUT2D eigenvalue weighted by Gasteiger charge is -2.29. The Hall–Kier alpha value is -1.98. The molecule has 1 aliphatic rings. The van der Waals surface area contributed by atoms with Crippen LogP contribution in [0.3, 0.4) is 0 Å². The maximum absolute atomic E-state index is 12.2. The van der Waals surface area contributed by atoms with Crippen LogP contribution in [0, 0.1) is 0 Å². The highest BCUT2D eigenvalue weighted by Crippen LogP contribution is 2.29. The zero-order valence-corrected chi connectivity index (χ0v) is 13.1. The van der Waals surface area contributed by atoms with Gasteiger partial charge in [-0.15, -0.1) is 0 Å². The second kappa shape index (κ2) is 6.42. The third-order valence-corrected chi connectivity index (χ3v) is 4.04. The molecule has 0 bridgehead atoms. The predicted molar refractivity (Wildman–Crippen MR) is 87.9 cm³/mol. The van der Waals surface area contributed by atoms with Gasteiger partial charge in [0.05, 0.1) is 23.9 Å². The van der Waals surface area contributed by atoms with Crippen molar-refractivity contribution in [2.75, 3.05) is 36.5 Å². The third kappa shape index (κ3) is 3.10. The average Bonchev–Trinajstić information content (AvgIpc) is 2.94. The minimum atomic E-state index is -0.150. The zero-order chi connectivity index (χ0) is 15.5. The standard InChI is InChI=1S/C16H18ClN3O2/c1-19-6-2-3-15(19)16(21)18-12-4-5-14(13(17)11-12)20-7-9-22-10-8-20/h2-6,11H,7-10H2,1H3,(H,18,21). The molecule has 1 saturated heterocycles. The molecule has 1 fully saturated rings. The summed E-state index contributed by atoms with van der Waals surface area (Å²) in [6.07, 6.45) is 1.84. The third-order valence-electron chi connectivity index (χ3n) is 3.73. The first kappa shape index (κ1) is 14.9. The van der Waals surface area contributed by atoms with E-state index in [1.807, 2.05) is 31.4 Å². The van der Waals surface area contributed by atoms with E-state index in [4.69, 9.17) is 16.3 Å². The van der Waals surface area contributed by atoms with Crippen LogP contribution >= 0.6 is 11.6 Å². The van der Waals surface area contributed by atoms with Crippen LogP contribution < -0.4 is 10.2 Å². The van der Waals surface area contributed by atoms with Crippen LogP contribution in [0.4, 0.5) is 11.4 Å². The Bertz CT molecular complexity index is 678. The molecule has 0 aliphatic carbocycles. The summed E-state index contributed by atoms with van der Waals surface area (Å²) in [5.74, 6) is -0.150. The topological polar surface area (TPSA) is 46.5 Å². The molecule has 0 unspecified atom stereocenters. The Balaban J connectivity index is 1.74. The van der Waals surface area contributed by atoms with Crippen LogP contribution in [0.5, 0.6) is 0 Å². The number of ether oxygens (including phenoxy) is 1. The highest BCUT2D eigenvalue weighted by atomic mass is 35.5. The summed E-state index contributed by atoms with van der Waals surface area (Å²) in [7, 11) is 1.84. The fourth-order valence-electron chi connectivity index (χ4n) is 2.54. The maximum atomic E-state index is 12.2. The number of nitrogens with zero attached hydrogens (tertiary/aromatic N) is 2. The van der Waals surface area contributed by atoms with E-state index in [0.29, 0.717) is 29.6 Å². The van der Waals surface area contributed by atoms with Crippen LogP contribution in [0.25, 0.3) is 0 Å². The molecule has 1 aromatic heterocycles. The SMILES string of the molecule is Cn1cccc1C(=O)Nc1ccc(N2CCOCC2)c(Cl)c1. The number of rotatable bonds is 3. The molecule has 6 heteroatoms. The van der Waals surface area contributed by atoms with E-state index in [-0.39, 0.29) is 5.91 Å². The van der Waals surface area contributed by atoms with E-state index in [1.165, 1.54) is 0 Å². The van der Waals surface area contributed by atoms with Crippen molar-refractivity contribution in [1.29, 1.82) is 0 Å². The Kier molecular flexibility index (Phi) is 4.36. The molecule has 116 valence electrons. The lowest BCUT2D eigenvalue weighted by atomic mass is 10.2. The number of carbonyl (C=O) groups excluding carboxylic acids is 1. The molecule has 0 radical (unpaired) electrons. The van der Waals surface area contributed by atoms with Crippen molar-refractivity contribution in [3.63, 3.8) is 0 Å². The first-order valence-electron chi connectivity index (χ1n) is 7.20. The van der Waals surface area contributed by atoms with E-state index >= 15 is 0 Å². The van der Waals surface area contributed by atoms with Gasteiger partial charge in [0.1, 0.15) is 5.69 Å². The summed E-state index contributed by atoms with van der Waals surface area (Å²) in [6, 6.07) is 9.21. The van der Waals surface area contributed by atoms with Gasteiger partial charge in [-0.05, 0) is 30.3 Å². The van der Waals surface area contributed by atoms with Crippen LogP contribution in [0.1, 0.15) is 10.5 Å². The van der Waals surface area contributed by atoms with Gasteiger partial charge in [0, 0.05) is 32.0 Å². The van der Waals surface area contributed by atoms with Gasteiger partial charge >= 0.3 is 0 Å². The number of nitrogens with one attached hydrogen (secondary N) is 1. The molecule has 3 rings (SSSR count). The van der Waals surface area contributed by atoms with Gasteiger partial charge in [-0.1, -0.05) is 11.6 Å². The number of hydrogen-bond acceptors (Lipinski definition) is 3. The quantitative estimate of drug-likeness (QED) is 0.946. The fraction of sp³-hybridized carbons (Fsp3) is 0.312. The lowest BCUT2D eigenvalue weighted by Crippen LogP contribution is -2.36. The predicted octanol–water partition coefficient (Wildman–Crippen LogP) is 2.77. The zero-order valence-electron chi connectivity index (χ0n) is 12.4. The first-order chi connectivity index (χ1) is 10.6. The fourth-order valence-corrected chi connectivity index (χ4v) is 2.84. The van der Waals surface area contributed by atoms with Crippen LogP contribution in [0.2, 0.25) is 5.02 Å². The number of anilines is 2. The Labute approximate surface area is 134 Å². The molecule has 2 heterocycles. The molecule has 1 amide bonds. The summed E-state index contributed by atoms with van der Waals surface area (Å²) in [6.45, 7) is 3.08. The minimum absolute atomic E-state index is 0.150. The van der Waals surface area contributed by atoms with E-state index in [9.17, 15) is 4.79 Å². The normalized spacial score (nSPS) is 14.9. The second-order valence-corrected chi connectivity index (χ2v) is 5.63. The lowest BCUT2D eigenvalue weighted by molar-refractivity contribution is 0.101. The van der Waals surface area contributed by atoms with Crippen molar-refractivity contribution in [2.45, 2.75) is 0 Å². The molecule has 1 N–H and O–H groups in total. The van der Waals surface area contributed by atoms with Crippen molar-refractivity contribution in [2.24, 2.45) is 7.05 Å². The summed E-state index contributed by atoms with van der Waals surface area (Å²) < 4.78 is 7.12. The molecule has 1 aromatic carbocycles. The van der Waals surface area contributed by atoms with E-state index in [0.717, 1.165) is 18.8 Å². The maximum Gasteiger partial charge on any atom is 0.272 e. The molecule has 0 atom stereocenters. The van der Waals surface area contributed by atoms with Gasteiger partial charge in [0.2, 0.25) is 0 Å². The highest BCUT2D eigenvalue weighted by Gasteiger charge is 2.15. The monoisotopic (exact) mass is 319 g/mol. The van der Waals surface area contributed by atoms with Crippen molar-refractivity contribution in [3.8, 4) is 0 Å². The average molecular weight is 320 g/mol. The molecule has 2 aromatic rings. The molecule has 1 aliphatic heterocycles. The van der Waals surface area contributed by atoms with Crippen molar-refractivity contribution in [1.82, 2.24) is 4.57 Å². The molecule has 0 saturated carbocycles. The molecular weight excluding hydrogens is 302 g/mol. The number of morpholine rings is 1. The van der Waals surface area contributed by atoms with Gasteiger partial charge in [-0.2, -0.15) is 0 Å². The smallest absolute Gasteiger partial charge is 0.272 e. The second-order valence-electron chi connectivity index (χ2n) is 5.22. The number of halogens is 1. The van der Waals surface area contributed by atoms with Crippen LogP contribution in [-0.2, 0) is 11.8 Å². The van der Waals surface area contributed by atoms with Gasteiger partial charge in [-0.3, -0.25) is 4.79 Å². The summed E-state index contributed by atoms with van der Waals surface area (Å²) in [5.41, 5.74) is 2.27. The molecule has 22 heavy (non-hydrogen) atoms. The minimum Gasteiger partial charge on any atom is -0.378 e. The number of benzene rings is 1. The molecular formula is C16H18ClN3O2. The Morgan fingerprint density at radius 3 is 2.68 bits per heavy atom. The number of aryl methyl sites for hydroxylation is 1. The van der Waals surface area contributed by atoms with E-state index in [2.05, 4.69) is 10.2 Å². The highest BCUT2D eigenvalue weighted by molar-refractivity contribution is 6.33. The van der Waals surface area contributed by atoms with E-state index in [1.54, 1.807) is 16.7 Å². The van der Waals surface area contributed by atoms with Crippen molar-refractivity contribution in [3.05, 3.63) is 47.2 Å². The number of amides is 1.